The topological polar surface area (TPSA) is 25.3 Å². The molecule has 0 amide bonds. The molecule has 0 N–H and O–H groups in total. The van der Waals surface area contributed by atoms with Gasteiger partial charge in [-0.2, -0.15) is 0 Å². The molecular weight excluding hydrogens is 605 g/mol. The summed E-state index contributed by atoms with van der Waals surface area (Å²) in [5.74, 6) is 0. The normalized spacial score (nSPS) is 13.5. The summed E-state index contributed by atoms with van der Waals surface area (Å²) in [5, 5.41) is 0. The first-order chi connectivity index (χ1) is 24.5. The molecule has 2 aromatic rings. The van der Waals surface area contributed by atoms with Gasteiger partial charge in [-0.05, 0) is 117 Å². The molecule has 1 aliphatic rings. The maximum atomic E-state index is 12.6. The van der Waals surface area contributed by atoms with Crippen molar-refractivity contribution >= 4 is 11.4 Å². The second kappa shape index (κ2) is 24.4. The van der Waals surface area contributed by atoms with Crippen LogP contribution in [0.2, 0.25) is 0 Å². The van der Waals surface area contributed by atoms with Crippen molar-refractivity contribution in [1.29, 1.82) is 0 Å². The molecule has 1 heterocycles. The first kappa shape index (κ1) is 41.7. The third-order valence-corrected chi connectivity index (χ3v) is 10.5. The number of nitrogens with zero attached hydrogens (tertiary/aromatic N) is 2. The fourth-order valence-electron chi connectivity index (χ4n) is 7.60. The maximum Gasteiger partial charge on any atom is 0.215 e. The Morgan fingerprint density at radius 1 is 0.440 bits per heavy atom. The summed E-state index contributed by atoms with van der Waals surface area (Å²) in [4.78, 5) is 0. The SMILES string of the molecule is CCC=CC1=C(c2cc(CCCC)cc(CCCCCC)c2)[N+](=[N-])C(c2cc(CCCC)cc(CCCCCC)c2)=C1CCCCCCCC. The molecule has 0 aliphatic carbocycles. The molecule has 2 heteroatoms. The minimum Gasteiger partial charge on any atom is -0.493 e. The molecule has 0 unspecified atom stereocenters. The van der Waals surface area contributed by atoms with E-state index >= 15 is 0 Å². The Morgan fingerprint density at radius 3 is 1.28 bits per heavy atom. The Labute approximate surface area is 309 Å². The summed E-state index contributed by atoms with van der Waals surface area (Å²) in [5.41, 5.74) is 25.2. The molecule has 276 valence electrons. The Morgan fingerprint density at radius 2 is 0.820 bits per heavy atom. The number of hydrogen-bond acceptors (Lipinski definition) is 0. The van der Waals surface area contributed by atoms with Gasteiger partial charge in [0.25, 0.3) is 0 Å². The standard InChI is InChI=1S/C48H74N2/c1-7-13-19-22-23-26-32-46-45(31-18-12-6)47(43-35-39(27-16-10-4)33-41(37-43)29-24-20-14-8-2)50(49)48(46)44-36-40(28-17-11-5)34-42(38-44)30-25-21-15-9-3/h18,31,33-38H,7-17,19-30,32H2,1-6H3. The van der Waals surface area contributed by atoms with E-state index in [4.69, 9.17) is 0 Å². The highest BCUT2D eigenvalue weighted by atomic mass is 15.2. The fraction of sp³-hybridized carbons (Fsp3) is 0.625. The molecular formula is C48H74N2. The molecule has 1 aliphatic heterocycles. The fourth-order valence-corrected chi connectivity index (χ4v) is 7.60. The lowest BCUT2D eigenvalue weighted by Gasteiger charge is -2.15. The van der Waals surface area contributed by atoms with Gasteiger partial charge in [0, 0.05) is 16.7 Å². The average molecular weight is 679 g/mol. The van der Waals surface area contributed by atoms with Gasteiger partial charge >= 0.3 is 0 Å². The van der Waals surface area contributed by atoms with Crippen LogP contribution in [0.3, 0.4) is 0 Å². The van der Waals surface area contributed by atoms with E-state index < -0.39 is 0 Å². The van der Waals surface area contributed by atoms with Gasteiger partial charge < -0.3 is 5.53 Å². The Balaban J connectivity index is 2.18. The van der Waals surface area contributed by atoms with Crippen LogP contribution in [0.15, 0.2) is 59.7 Å². The van der Waals surface area contributed by atoms with Crippen molar-refractivity contribution in [1.82, 2.24) is 0 Å². The molecule has 0 saturated heterocycles. The van der Waals surface area contributed by atoms with E-state index in [1.807, 2.05) is 0 Å². The number of allylic oxidation sites excluding steroid dienone is 4. The van der Waals surface area contributed by atoms with Crippen molar-refractivity contribution in [2.24, 2.45) is 0 Å². The van der Waals surface area contributed by atoms with Crippen molar-refractivity contribution in [3.8, 4) is 0 Å². The summed E-state index contributed by atoms with van der Waals surface area (Å²) in [6.07, 6.45) is 33.6. The average Bonchev–Trinajstić information content (AvgIpc) is 3.40. The highest BCUT2D eigenvalue weighted by Crippen LogP contribution is 2.44. The van der Waals surface area contributed by atoms with E-state index in [9.17, 15) is 5.53 Å². The van der Waals surface area contributed by atoms with Crippen molar-refractivity contribution in [2.75, 3.05) is 0 Å². The second-order valence-electron chi connectivity index (χ2n) is 15.1. The lowest BCUT2D eigenvalue weighted by molar-refractivity contribution is -0.345. The van der Waals surface area contributed by atoms with Crippen LogP contribution in [0.4, 0.5) is 0 Å². The molecule has 0 saturated carbocycles. The quantitative estimate of drug-likeness (QED) is 0.0664. The van der Waals surface area contributed by atoms with Gasteiger partial charge in [-0.1, -0.05) is 149 Å². The zero-order valence-electron chi connectivity index (χ0n) is 33.5. The summed E-state index contributed by atoms with van der Waals surface area (Å²) >= 11 is 0. The largest absolute Gasteiger partial charge is 0.493 e. The predicted molar refractivity (Wildman–Crippen MR) is 221 cm³/mol. The van der Waals surface area contributed by atoms with Crippen LogP contribution in [0, 0.1) is 0 Å². The molecule has 0 bridgehead atoms. The number of aryl methyl sites for hydroxylation is 4. The highest BCUT2D eigenvalue weighted by Gasteiger charge is 2.35. The van der Waals surface area contributed by atoms with E-state index in [0.717, 1.165) is 56.3 Å². The van der Waals surface area contributed by atoms with Crippen LogP contribution in [0.1, 0.15) is 203 Å². The number of benzene rings is 2. The zero-order valence-corrected chi connectivity index (χ0v) is 33.5. The molecule has 3 rings (SSSR count). The minimum absolute atomic E-state index is 0.982. The summed E-state index contributed by atoms with van der Waals surface area (Å²) in [6, 6.07) is 14.5. The van der Waals surface area contributed by atoms with E-state index in [2.05, 4.69) is 90.1 Å². The monoisotopic (exact) mass is 679 g/mol. The Kier molecular flexibility index (Phi) is 20.4. The first-order valence-corrected chi connectivity index (χ1v) is 21.4. The zero-order chi connectivity index (χ0) is 36.0. The molecule has 0 radical (unpaired) electrons. The minimum atomic E-state index is 0.982. The summed E-state index contributed by atoms with van der Waals surface area (Å²) in [7, 11) is 0. The van der Waals surface area contributed by atoms with Gasteiger partial charge in [-0.3, -0.25) is 0 Å². The first-order valence-electron chi connectivity index (χ1n) is 21.4. The number of hydrogen-bond donors (Lipinski definition) is 0. The van der Waals surface area contributed by atoms with Crippen molar-refractivity contribution < 1.29 is 4.70 Å². The highest BCUT2D eigenvalue weighted by molar-refractivity contribution is 5.84. The molecule has 0 fully saturated rings. The molecule has 0 spiro atoms. The van der Waals surface area contributed by atoms with Gasteiger partial charge in [0.1, 0.15) is 0 Å². The van der Waals surface area contributed by atoms with Gasteiger partial charge in [0.05, 0.1) is 5.57 Å². The van der Waals surface area contributed by atoms with Gasteiger partial charge in [0.15, 0.2) is 0 Å². The van der Waals surface area contributed by atoms with Crippen molar-refractivity contribution in [2.45, 2.75) is 196 Å². The van der Waals surface area contributed by atoms with Crippen LogP contribution in [0.5, 0.6) is 0 Å². The van der Waals surface area contributed by atoms with E-state index in [1.54, 1.807) is 4.70 Å². The third kappa shape index (κ3) is 13.4. The van der Waals surface area contributed by atoms with Crippen LogP contribution in [0.25, 0.3) is 16.9 Å². The summed E-state index contributed by atoms with van der Waals surface area (Å²) in [6.45, 7) is 13.7. The van der Waals surface area contributed by atoms with Gasteiger partial charge in [-0.15, -0.1) is 0 Å². The smallest absolute Gasteiger partial charge is 0.215 e. The third-order valence-electron chi connectivity index (χ3n) is 10.5. The summed E-state index contributed by atoms with van der Waals surface area (Å²) < 4.78 is 1.63. The molecule has 2 nitrogen and oxygen atoms in total. The van der Waals surface area contributed by atoms with Crippen LogP contribution in [-0.4, -0.2) is 4.70 Å². The Hall–Kier alpha value is -2.74. The van der Waals surface area contributed by atoms with Crippen LogP contribution >= 0.6 is 0 Å². The number of rotatable bonds is 27. The van der Waals surface area contributed by atoms with Gasteiger partial charge in [-0.25, -0.2) is 4.70 Å². The van der Waals surface area contributed by atoms with Gasteiger partial charge in [0.2, 0.25) is 11.4 Å². The molecule has 0 aromatic heterocycles. The van der Waals surface area contributed by atoms with E-state index in [1.165, 1.54) is 154 Å². The van der Waals surface area contributed by atoms with Crippen LogP contribution < -0.4 is 0 Å². The molecule has 0 atom stereocenters. The second-order valence-corrected chi connectivity index (χ2v) is 15.1. The van der Waals surface area contributed by atoms with E-state index in [0.29, 0.717) is 0 Å². The maximum absolute atomic E-state index is 12.6. The van der Waals surface area contributed by atoms with E-state index in [-0.39, 0.29) is 0 Å². The molecule has 2 aromatic carbocycles. The van der Waals surface area contributed by atoms with Crippen LogP contribution in [-0.2, 0) is 25.7 Å². The van der Waals surface area contributed by atoms with Crippen molar-refractivity contribution in [3.63, 3.8) is 0 Å². The Bertz CT molecular complexity index is 1390. The molecule has 50 heavy (non-hydrogen) atoms. The predicted octanol–water partition coefficient (Wildman–Crippen LogP) is 15.5. The van der Waals surface area contributed by atoms with Crippen molar-refractivity contribution in [3.05, 3.63) is 98.6 Å². The lowest BCUT2D eigenvalue weighted by Crippen LogP contribution is -2.05. The number of unbranched alkanes of at least 4 members (excludes halogenated alkanes) is 13. The lowest BCUT2D eigenvalue weighted by atomic mass is 9.91.